The minimum atomic E-state index is 0.415. The summed E-state index contributed by atoms with van der Waals surface area (Å²) < 4.78 is 5.58. The van der Waals surface area contributed by atoms with Gasteiger partial charge in [-0.3, -0.25) is 0 Å². The van der Waals surface area contributed by atoms with E-state index in [0.29, 0.717) is 6.04 Å². The minimum absolute atomic E-state index is 0.415. The third-order valence-corrected chi connectivity index (χ3v) is 3.36. The van der Waals surface area contributed by atoms with Crippen LogP contribution in [-0.2, 0) is 0 Å². The molecule has 1 aromatic rings. The van der Waals surface area contributed by atoms with Crippen molar-refractivity contribution in [2.75, 3.05) is 12.3 Å². The molecular formula is C9H16N3OS+. The lowest BCUT2D eigenvalue weighted by Gasteiger charge is -1.98. The highest BCUT2D eigenvalue weighted by Crippen LogP contribution is 2.21. The second kappa shape index (κ2) is 4.79. The van der Waals surface area contributed by atoms with Gasteiger partial charge in [0.15, 0.2) is 6.04 Å². The Labute approximate surface area is 87.9 Å². The molecule has 2 N–H and O–H groups in total. The lowest BCUT2D eigenvalue weighted by molar-refractivity contribution is -0.678. The molecule has 1 atom stereocenters. The summed E-state index contributed by atoms with van der Waals surface area (Å²) in [5.74, 6) is 1.86. The van der Waals surface area contributed by atoms with E-state index < -0.39 is 0 Å². The van der Waals surface area contributed by atoms with Gasteiger partial charge in [-0.25, -0.2) is 0 Å². The van der Waals surface area contributed by atoms with E-state index in [-0.39, 0.29) is 0 Å². The molecule has 14 heavy (non-hydrogen) atoms. The summed E-state index contributed by atoms with van der Waals surface area (Å²) in [5.41, 5.74) is 0. The zero-order valence-electron chi connectivity index (χ0n) is 8.40. The Morgan fingerprint density at radius 2 is 2.50 bits per heavy atom. The molecule has 1 aliphatic rings. The van der Waals surface area contributed by atoms with Crippen LogP contribution in [0.15, 0.2) is 9.64 Å². The van der Waals surface area contributed by atoms with Crippen molar-refractivity contribution in [2.45, 2.75) is 37.5 Å². The topological polar surface area (TPSA) is 55.5 Å². The first-order valence-corrected chi connectivity index (χ1v) is 6.18. The molecule has 1 fully saturated rings. The van der Waals surface area contributed by atoms with Gasteiger partial charge in [0.25, 0.3) is 11.1 Å². The zero-order chi connectivity index (χ0) is 9.80. The van der Waals surface area contributed by atoms with E-state index in [1.54, 1.807) is 11.8 Å². The molecule has 0 aromatic carbocycles. The Morgan fingerprint density at radius 1 is 1.57 bits per heavy atom. The molecule has 2 heterocycles. The number of hydrogen-bond acceptors (Lipinski definition) is 4. The largest absolute Gasteiger partial charge is 0.410 e. The van der Waals surface area contributed by atoms with Crippen LogP contribution in [0.5, 0.6) is 0 Å². The highest BCUT2D eigenvalue weighted by molar-refractivity contribution is 7.99. The van der Waals surface area contributed by atoms with Crippen molar-refractivity contribution in [3.05, 3.63) is 5.89 Å². The van der Waals surface area contributed by atoms with Crippen LogP contribution in [0.3, 0.4) is 0 Å². The molecule has 1 aliphatic heterocycles. The van der Waals surface area contributed by atoms with Gasteiger partial charge in [0, 0.05) is 18.6 Å². The van der Waals surface area contributed by atoms with Gasteiger partial charge in [-0.1, -0.05) is 18.7 Å². The molecule has 4 nitrogen and oxygen atoms in total. The average Bonchev–Trinajstić information content (AvgIpc) is 2.85. The molecule has 0 radical (unpaired) electrons. The van der Waals surface area contributed by atoms with E-state index in [9.17, 15) is 0 Å². The summed E-state index contributed by atoms with van der Waals surface area (Å²) in [4.78, 5) is 0. The van der Waals surface area contributed by atoms with Crippen LogP contribution < -0.4 is 5.32 Å². The van der Waals surface area contributed by atoms with Gasteiger partial charge in [-0.2, -0.15) is 0 Å². The lowest BCUT2D eigenvalue weighted by atomic mass is 10.2. The molecule has 0 saturated carbocycles. The Kier molecular flexibility index (Phi) is 3.42. The molecule has 0 amide bonds. The predicted octanol–water partition coefficient (Wildman–Crippen LogP) is 0.970. The Hall–Kier alpha value is -0.550. The predicted molar refractivity (Wildman–Crippen MR) is 54.1 cm³/mol. The highest BCUT2D eigenvalue weighted by Gasteiger charge is 2.25. The van der Waals surface area contributed by atoms with Gasteiger partial charge in [-0.15, -0.1) is 10.2 Å². The van der Waals surface area contributed by atoms with Crippen molar-refractivity contribution in [2.24, 2.45) is 0 Å². The van der Waals surface area contributed by atoms with E-state index >= 15 is 0 Å². The van der Waals surface area contributed by atoms with E-state index in [0.717, 1.165) is 23.3 Å². The quantitative estimate of drug-likeness (QED) is 0.759. The third kappa shape index (κ3) is 2.27. The van der Waals surface area contributed by atoms with Crippen LogP contribution in [0.25, 0.3) is 0 Å². The SMILES string of the molecule is CCCSc1nnc([C@@H]2CCC[NH2+]2)o1. The smallest absolute Gasteiger partial charge is 0.276 e. The standard InChI is InChI=1S/C9H15N3OS/c1-2-6-14-9-12-11-8(13-9)7-4-3-5-10-7/h7,10H,2-6H2,1H3/p+1/t7-/m0/s1. The fraction of sp³-hybridized carbons (Fsp3) is 0.778. The number of nitrogens with zero attached hydrogens (tertiary/aromatic N) is 2. The van der Waals surface area contributed by atoms with Gasteiger partial charge in [0.2, 0.25) is 0 Å². The van der Waals surface area contributed by atoms with Crippen LogP contribution in [0, 0.1) is 0 Å². The van der Waals surface area contributed by atoms with Gasteiger partial charge in [0.05, 0.1) is 6.54 Å². The first-order chi connectivity index (χ1) is 6.90. The Bertz CT molecular complexity index is 283. The second-order valence-corrected chi connectivity index (χ2v) is 4.57. The monoisotopic (exact) mass is 214 g/mol. The lowest BCUT2D eigenvalue weighted by Crippen LogP contribution is -2.81. The molecule has 5 heteroatoms. The minimum Gasteiger partial charge on any atom is -0.410 e. The number of quaternary nitrogens is 1. The van der Waals surface area contributed by atoms with Crippen LogP contribution in [0.4, 0.5) is 0 Å². The summed E-state index contributed by atoms with van der Waals surface area (Å²) >= 11 is 1.65. The number of hydrogen-bond donors (Lipinski definition) is 1. The number of aromatic nitrogens is 2. The van der Waals surface area contributed by atoms with Gasteiger partial charge in [-0.05, 0) is 6.42 Å². The average molecular weight is 214 g/mol. The van der Waals surface area contributed by atoms with Crippen molar-refractivity contribution in [1.29, 1.82) is 0 Å². The third-order valence-electron chi connectivity index (χ3n) is 2.34. The summed E-state index contributed by atoms with van der Waals surface area (Å²) in [6, 6.07) is 0.415. The molecule has 0 aliphatic carbocycles. The Morgan fingerprint density at radius 3 is 3.21 bits per heavy atom. The molecule has 0 spiro atoms. The van der Waals surface area contributed by atoms with E-state index in [1.807, 2.05) is 0 Å². The van der Waals surface area contributed by atoms with Crippen LogP contribution in [0.2, 0.25) is 0 Å². The van der Waals surface area contributed by atoms with Crippen molar-refractivity contribution >= 4 is 11.8 Å². The number of rotatable bonds is 4. The number of nitrogens with two attached hydrogens (primary N) is 1. The fourth-order valence-electron chi connectivity index (χ4n) is 1.62. The van der Waals surface area contributed by atoms with Crippen molar-refractivity contribution in [3.8, 4) is 0 Å². The summed E-state index contributed by atoms with van der Waals surface area (Å²) in [7, 11) is 0. The molecule has 0 unspecified atom stereocenters. The molecule has 78 valence electrons. The molecular weight excluding hydrogens is 198 g/mol. The highest BCUT2D eigenvalue weighted by atomic mass is 32.2. The molecule has 1 aromatic heterocycles. The first-order valence-electron chi connectivity index (χ1n) is 5.19. The summed E-state index contributed by atoms with van der Waals surface area (Å²) in [5, 5.41) is 11.1. The van der Waals surface area contributed by atoms with Gasteiger partial charge in [0.1, 0.15) is 0 Å². The van der Waals surface area contributed by atoms with E-state index in [1.165, 1.54) is 19.4 Å². The first kappa shape index (κ1) is 9.98. The van der Waals surface area contributed by atoms with Crippen LogP contribution in [0.1, 0.15) is 38.1 Å². The zero-order valence-corrected chi connectivity index (χ0v) is 9.22. The molecule has 2 rings (SSSR count). The van der Waals surface area contributed by atoms with Gasteiger partial charge >= 0.3 is 0 Å². The fourth-order valence-corrected chi connectivity index (χ4v) is 2.24. The molecule has 1 saturated heterocycles. The van der Waals surface area contributed by atoms with Crippen molar-refractivity contribution < 1.29 is 9.73 Å². The van der Waals surface area contributed by atoms with Gasteiger partial charge < -0.3 is 9.73 Å². The van der Waals surface area contributed by atoms with E-state index in [4.69, 9.17) is 4.42 Å². The Balaban J connectivity index is 1.94. The maximum Gasteiger partial charge on any atom is 0.276 e. The maximum absolute atomic E-state index is 5.58. The van der Waals surface area contributed by atoms with Crippen LogP contribution >= 0.6 is 11.8 Å². The molecule has 0 bridgehead atoms. The summed E-state index contributed by atoms with van der Waals surface area (Å²) in [6.45, 7) is 3.33. The second-order valence-electron chi connectivity index (χ2n) is 3.53. The maximum atomic E-state index is 5.58. The van der Waals surface area contributed by atoms with Crippen molar-refractivity contribution in [1.82, 2.24) is 10.2 Å². The van der Waals surface area contributed by atoms with E-state index in [2.05, 4.69) is 22.4 Å². The summed E-state index contributed by atoms with van der Waals surface area (Å²) in [6.07, 6.45) is 3.56. The van der Waals surface area contributed by atoms with Crippen molar-refractivity contribution in [3.63, 3.8) is 0 Å². The normalized spacial score (nSPS) is 21.6. The number of thioether (sulfide) groups is 1. The van der Waals surface area contributed by atoms with Crippen LogP contribution in [-0.4, -0.2) is 22.5 Å².